The van der Waals surface area contributed by atoms with Crippen molar-refractivity contribution in [3.05, 3.63) is 113 Å². The summed E-state index contributed by atoms with van der Waals surface area (Å²) in [5, 5.41) is 3.04. The van der Waals surface area contributed by atoms with Gasteiger partial charge >= 0.3 is 0 Å². The van der Waals surface area contributed by atoms with Crippen molar-refractivity contribution in [1.29, 1.82) is 0 Å². The molecule has 5 heteroatoms. The van der Waals surface area contributed by atoms with Gasteiger partial charge in [0.2, 0.25) is 0 Å². The number of benzene rings is 3. The fourth-order valence-electron chi connectivity index (χ4n) is 5.08. The summed E-state index contributed by atoms with van der Waals surface area (Å²) >= 11 is 0. The van der Waals surface area contributed by atoms with E-state index in [0.29, 0.717) is 12.0 Å². The highest BCUT2D eigenvalue weighted by Gasteiger charge is 2.14. The summed E-state index contributed by atoms with van der Waals surface area (Å²) in [5.41, 5.74) is 8.03. The van der Waals surface area contributed by atoms with Crippen LogP contribution in [0.1, 0.15) is 45.6 Å². The van der Waals surface area contributed by atoms with Crippen LogP contribution in [0.5, 0.6) is 5.75 Å². The maximum atomic E-state index is 13.1. The van der Waals surface area contributed by atoms with Crippen LogP contribution in [0.2, 0.25) is 0 Å². The molecule has 3 aromatic carbocycles. The molecule has 1 aromatic heterocycles. The Morgan fingerprint density at radius 3 is 2.50 bits per heavy atom. The van der Waals surface area contributed by atoms with Crippen molar-refractivity contribution in [2.45, 2.75) is 32.6 Å². The van der Waals surface area contributed by atoms with E-state index in [2.05, 4.69) is 64.6 Å². The van der Waals surface area contributed by atoms with E-state index in [0.717, 1.165) is 46.8 Å². The lowest BCUT2D eigenvalue weighted by molar-refractivity contribution is 0.102. The van der Waals surface area contributed by atoms with Crippen LogP contribution in [0.25, 0.3) is 11.1 Å². The summed E-state index contributed by atoms with van der Waals surface area (Å²) in [6, 6.07) is 26.3. The molecule has 4 aromatic rings. The van der Waals surface area contributed by atoms with Crippen molar-refractivity contribution in [2.75, 3.05) is 32.1 Å². The van der Waals surface area contributed by atoms with Gasteiger partial charge in [-0.2, -0.15) is 0 Å². The smallest absolute Gasteiger partial charge is 0.255 e. The molecular weight excluding hydrogens is 470 g/mol. The highest BCUT2D eigenvalue weighted by Crippen LogP contribution is 2.26. The van der Waals surface area contributed by atoms with Gasteiger partial charge in [-0.25, -0.2) is 0 Å². The Bertz CT molecular complexity index is 1390. The maximum Gasteiger partial charge on any atom is 0.255 e. The number of anilines is 1. The van der Waals surface area contributed by atoms with Crippen molar-refractivity contribution in [1.82, 2.24) is 9.88 Å². The highest BCUT2D eigenvalue weighted by atomic mass is 16.5. The number of carbonyl (C=O) groups is 1. The molecule has 1 aliphatic rings. The number of amides is 1. The average molecular weight is 506 g/mol. The molecule has 2 heterocycles. The van der Waals surface area contributed by atoms with Crippen LogP contribution >= 0.6 is 0 Å². The molecule has 0 saturated carbocycles. The summed E-state index contributed by atoms with van der Waals surface area (Å²) < 4.78 is 5.61. The summed E-state index contributed by atoms with van der Waals surface area (Å²) in [5.74, 6) is 0.604. The van der Waals surface area contributed by atoms with Gasteiger partial charge in [0.1, 0.15) is 5.75 Å². The van der Waals surface area contributed by atoms with Gasteiger partial charge in [-0.15, -0.1) is 0 Å². The molecule has 1 saturated heterocycles. The predicted molar refractivity (Wildman–Crippen MR) is 154 cm³/mol. The first-order valence-corrected chi connectivity index (χ1v) is 13.4. The Kier molecular flexibility index (Phi) is 8.15. The second-order valence-corrected chi connectivity index (χ2v) is 10.1. The van der Waals surface area contributed by atoms with E-state index < -0.39 is 0 Å². The van der Waals surface area contributed by atoms with Crippen LogP contribution in [0.4, 0.5) is 5.69 Å². The van der Waals surface area contributed by atoms with E-state index >= 15 is 0 Å². The summed E-state index contributed by atoms with van der Waals surface area (Å²) in [6.07, 6.45) is 6.07. The number of carbonyl (C=O) groups excluding carboxylic acids is 1. The van der Waals surface area contributed by atoms with E-state index in [4.69, 9.17) is 4.74 Å². The number of pyridine rings is 1. The van der Waals surface area contributed by atoms with Gasteiger partial charge in [0, 0.05) is 41.7 Å². The third kappa shape index (κ3) is 6.48. The van der Waals surface area contributed by atoms with Gasteiger partial charge in [-0.05, 0) is 98.4 Å². The minimum absolute atomic E-state index is 0.139. The topological polar surface area (TPSA) is 54.5 Å². The molecule has 38 heavy (non-hydrogen) atoms. The molecular formula is C33H35N3O2. The number of nitrogens with one attached hydrogen (secondary N) is 1. The fourth-order valence-corrected chi connectivity index (χ4v) is 5.08. The summed E-state index contributed by atoms with van der Waals surface area (Å²) in [7, 11) is 1.65. The molecule has 1 fully saturated rings. The van der Waals surface area contributed by atoms with E-state index in [-0.39, 0.29) is 5.91 Å². The largest absolute Gasteiger partial charge is 0.496 e. The molecule has 5 nitrogen and oxygen atoms in total. The molecule has 0 radical (unpaired) electrons. The van der Waals surface area contributed by atoms with Crippen LogP contribution in [-0.2, 0) is 12.8 Å². The van der Waals surface area contributed by atoms with Crippen LogP contribution < -0.4 is 10.1 Å². The highest BCUT2D eigenvalue weighted by molar-refractivity contribution is 6.04. The maximum absolute atomic E-state index is 13.1. The molecule has 5 rings (SSSR count). The molecule has 0 spiro atoms. The lowest BCUT2D eigenvalue weighted by Crippen LogP contribution is -2.21. The standard InChI is InChI=1S/C33H35N3O2/c1-24-6-5-7-26(20-24)27-14-16-34-31(22-27)23-29-21-28(10-13-32(29)38-2)33(37)35-30-11-8-25(9-12-30)15-19-36-17-3-4-18-36/h5-14,16,20-22H,3-4,15,17-19,23H2,1-2H3,(H,35,37). The van der Waals surface area contributed by atoms with Crippen LogP contribution in [0.15, 0.2) is 85.1 Å². The zero-order valence-corrected chi connectivity index (χ0v) is 22.2. The van der Waals surface area contributed by atoms with Crippen molar-refractivity contribution in [3.63, 3.8) is 0 Å². The third-order valence-electron chi connectivity index (χ3n) is 7.21. The Morgan fingerprint density at radius 2 is 1.74 bits per heavy atom. The summed E-state index contributed by atoms with van der Waals surface area (Å²) in [4.78, 5) is 20.2. The Hall–Kier alpha value is -3.96. The Balaban J connectivity index is 1.27. The van der Waals surface area contributed by atoms with Gasteiger partial charge in [0.05, 0.1) is 7.11 Å². The van der Waals surface area contributed by atoms with E-state index in [1.807, 2.05) is 36.5 Å². The quantitative estimate of drug-likeness (QED) is 0.280. The summed E-state index contributed by atoms with van der Waals surface area (Å²) in [6.45, 7) is 5.62. The lowest BCUT2D eigenvalue weighted by atomic mass is 10.0. The first-order valence-electron chi connectivity index (χ1n) is 13.4. The molecule has 1 amide bonds. The van der Waals surface area contributed by atoms with E-state index in [1.54, 1.807) is 13.2 Å². The number of ether oxygens (including phenoxy) is 1. The number of hydrogen-bond donors (Lipinski definition) is 1. The van der Waals surface area contributed by atoms with Gasteiger partial charge in [-0.1, -0.05) is 42.0 Å². The second-order valence-electron chi connectivity index (χ2n) is 10.1. The van der Waals surface area contributed by atoms with Crippen molar-refractivity contribution < 1.29 is 9.53 Å². The zero-order valence-electron chi connectivity index (χ0n) is 22.2. The van der Waals surface area contributed by atoms with Crippen LogP contribution in [0.3, 0.4) is 0 Å². The second kappa shape index (κ2) is 12.1. The normalized spacial score (nSPS) is 13.4. The number of likely N-dealkylation sites (tertiary alicyclic amines) is 1. The Labute approximate surface area is 225 Å². The Morgan fingerprint density at radius 1 is 0.947 bits per heavy atom. The fraction of sp³-hybridized carbons (Fsp3) is 0.273. The van der Waals surface area contributed by atoms with Gasteiger partial charge < -0.3 is 15.0 Å². The molecule has 0 bridgehead atoms. The SMILES string of the molecule is COc1ccc(C(=O)Nc2ccc(CCN3CCCC3)cc2)cc1Cc1cc(-c2cccc(C)c2)ccn1. The van der Waals surface area contributed by atoms with Crippen LogP contribution in [0, 0.1) is 6.92 Å². The lowest BCUT2D eigenvalue weighted by Gasteiger charge is -2.14. The molecule has 194 valence electrons. The minimum atomic E-state index is -0.139. The third-order valence-corrected chi connectivity index (χ3v) is 7.21. The predicted octanol–water partition coefficient (Wildman–Crippen LogP) is 6.55. The van der Waals surface area contributed by atoms with Gasteiger partial charge in [0.15, 0.2) is 0 Å². The number of aromatic nitrogens is 1. The van der Waals surface area contributed by atoms with Gasteiger partial charge in [0.25, 0.3) is 5.91 Å². The zero-order chi connectivity index (χ0) is 26.3. The van der Waals surface area contributed by atoms with Crippen molar-refractivity contribution in [3.8, 4) is 16.9 Å². The van der Waals surface area contributed by atoms with Crippen LogP contribution in [-0.4, -0.2) is 42.5 Å². The first kappa shape index (κ1) is 25.7. The van der Waals surface area contributed by atoms with Gasteiger partial charge in [-0.3, -0.25) is 9.78 Å². The van der Waals surface area contributed by atoms with Crippen molar-refractivity contribution in [2.24, 2.45) is 0 Å². The number of rotatable bonds is 9. The molecule has 0 unspecified atom stereocenters. The minimum Gasteiger partial charge on any atom is -0.496 e. The van der Waals surface area contributed by atoms with E-state index in [1.165, 1.54) is 37.1 Å². The molecule has 0 aliphatic carbocycles. The molecule has 0 atom stereocenters. The van der Waals surface area contributed by atoms with E-state index in [9.17, 15) is 4.79 Å². The number of aryl methyl sites for hydroxylation is 1. The molecule has 1 aliphatic heterocycles. The number of nitrogens with zero attached hydrogens (tertiary/aromatic N) is 2. The monoisotopic (exact) mass is 505 g/mol. The van der Waals surface area contributed by atoms with Crippen molar-refractivity contribution >= 4 is 11.6 Å². The molecule has 1 N–H and O–H groups in total. The first-order chi connectivity index (χ1) is 18.6. The number of methoxy groups -OCH3 is 1. The number of hydrogen-bond acceptors (Lipinski definition) is 4. The average Bonchev–Trinajstić information content (AvgIpc) is 3.47.